The van der Waals surface area contributed by atoms with Gasteiger partial charge in [-0.2, -0.15) is 0 Å². The van der Waals surface area contributed by atoms with Gasteiger partial charge in [0.15, 0.2) is 0 Å². The lowest BCUT2D eigenvalue weighted by Gasteiger charge is -2.25. The summed E-state index contributed by atoms with van der Waals surface area (Å²) >= 11 is 0. The van der Waals surface area contributed by atoms with Gasteiger partial charge in [-0.05, 0) is 43.5 Å². The van der Waals surface area contributed by atoms with E-state index in [1.54, 1.807) is 12.1 Å². The number of imidazole rings is 2. The van der Waals surface area contributed by atoms with Crippen molar-refractivity contribution >= 4 is 23.7 Å². The molecule has 0 aliphatic rings. The van der Waals surface area contributed by atoms with E-state index in [0.717, 1.165) is 0 Å². The number of carbonyl (C=O) groups is 4. The van der Waals surface area contributed by atoms with Crippen molar-refractivity contribution in [1.82, 2.24) is 35.9 Å². The molecule has 0 saturated heterocycles. The lowest BCUT2D eigenvalue weighted by Crippen LogP contribution is -2.58. The first-order chi connectivity index (χ1) is 20.2. The SMILES string of the molecule is NCCCCC(NC(=O)C(Cc1ccc(O)cc1)NC(=O)C(N)Cc1cnc[nH]1)C(=O)NC(Cc1cnc[nH]1)C(=O)O. The van der Waals surface area contributed by atoms with Gasteiger partial charge in [-0.3, -0.25) is 14.4 Å². The van der Waals surface area contributed by atoms with E-state index in [1.807, 2.05) is 0 Å². The topological polar surface area (TPSA) is 254 Å². The molecule has 0 spiro atoms. The minimum Gasteiger partial charge on any atom is -0.508 e. The number of carbonyl (C=O) groups excluding carboxylic acids is 3. The molecule has 4 unspecified atom stereocenters. The number of rotatable bonds is 17. The molecule has 0 saturated carbocycles. The quantitative estimate of drug-likeness (QED) is 0.0863. The van der Waals surface area contributed by atoms with E-state index in [9.17, 15) is 29.4 Å². The molecule has 0 bridgehead atoms. The Bertz CT molecular complexity index is 1280. The van der Waals surface area contributed by atoms with E-state index in [4.69, 9.17) is 11.5 Å². The number of carboxylic acids is 1. The zero-order chi connectivity index (χ0) is 30.5. The van der Waals surface area contributed by atoms with Gasteiger partial charge in [0.1, 0.15) is 23.9 Å². The maximum Gasteiger partial charge on any atom is 0.326 e. The van der Waals surface area contributed by atoms with Crippen LogP contribution in [0.25, 0.3) is 0 Å². The van der Waals surface area contributed by atoms with Crippen LogP contribution in [0.2, 0.25) is 0 Å². The van der Waals surface area contributed by atoms with Crippen LogP contribution in [0.3, 0.4) is 0 Å². The van der Waals surface area contributed by atoms with Crippen molar-refractivity contribution in [2.45, 2.75) is 62.7 Å². The fourth-order valence-corrected chi connectivity index (χ4v) is 4.20. The van der Waals surface area contributed by atoms with Crippen molar-refractivity contribution in [3.05, 3.63) is 66.3 Å². The summed E-state index contributed by atoms with van der Waals surface area (Å²) in [5, 5.41) is 27.1. The van der Waals surface area contributed by atoms with Crippen LogP contribution in [-0.4, -0.2) is 84.6 Å². The molecule has 3 amide bonds. The summed E-state index contributed by atoms with van der Waals surface area (Å²) in [6, 6.07) is 1.58. The second kappa shape index (κ2) is 15.9. The van der Waals surface area contributed by atoms with Gasteiger partial charge in [-0.25, -0.2) is 14.8 Å². The van der Waals surface area contributed by atoms with Gasteiger partial charge in [0.2, 0.25) is 17.7 Å². The molecular formula is C27H37N9O6. The number of nitrogens with zero attached hydrogens (tertiary/aromatic N) is 2. The molecule has 15 heteroatoms. The Kier molecular flexibility index (Phi) is 12.0. The molecular weight excluding hydrogens is 546 g/mol. The van der Waals surface area contributed by atoms with Crippen molar-refractivity contribution in [3.63, 3.8) is 0 Å². The normalized spacial score (nSPS) is 13.9. The molecule has 15 nitrogen and oxygen atoms in total. The number of unbranched alkanes of at least 4 members (excludes halogenated alkanes) is 1. The smallest absolute Gasteiger partial charge is 0.326 e. The average molecular weight is 584 g/mol. The first-order valence-electron chi connectivity index (χ1n) is 13.5. The van der Waals surface area contributed by atoms with Gasteiger partial charge >= 0.3 is 5.97 Å². The fourth-order valence-electron chi connectivity index (χ4n) is 4.20. The molecule has 11 N–H and O–H groups in total. The fraction of sp³-hybridized carbons (Fsp3) is 0.407. The monoisotopic (exact) mass is 583 g/mol. The average Bonchev–Trinajstić information content (AvgIpc) is 3.67. The summed E-state index contributed by atoms with van der Waals surface area (Å²) < 4.78 is 0. The number of phenols is 1. The Morgan fingerprint density at radius 2 is 1.36 bits per heavy atom. The van der Waals surface area contributed by atoms with E-state index < -0.39 is 47.9 Å². The van der Waals surface area contributed by atoms with E-state index in [1.165, 1.54) is 37.2 Å². The number of phenolic OH excluding ortho intramolecular Hbond substituents is 1. The summed E-state index contributed by atoms with van der Waals surface area (Å²) in [4.78, 5) is 65.1. The van der Waals surface area contributed by atoms with Crippen LogP contribution in [0.15, 0.2) is 49.3 Å². The summed E-state index contributed by atoms with van der Waals surface area (Å²) in [6.45, 7) is 0.369. The van der Waals surface area contributed by atoms with Gasteiger partial charge in [-0.1, -0.05) is 12.1 Å². The number of aromatic hydroxyl groups is 1. The largest absolute Gasteiger partial charge is 0.508 e. The van der Waals surface area contributed by atoms with Crippen LogP contribution in [0.5, 0.6) is 5.75 Å². The molecule has 3 rings (SSSR count). The molecule has 0 fully saturated rings. The molecule has 226 valence electrons. The van der Waals surface area contributed by atoms with E-state index >= 15 is 0 Å². The Hall–Kier alpha value is -4.76. The molecule has 0 aliphatic heterocycles. The van der Waals surface area contributed by atoms with E-state index in [2.05, 4.69) is 35.9 Å². The third-order valence-electron chi connectivity index (χ3n) is 6.51. The van der Waals surface area contributed by atoms with Crippen molar-refractivity contribution in [2.24, 2.45) is 11.5 Å². The van der Waals surface area contributed by atoms with Crippen LogP contribution in [0.1, 0.15) is 36.2 Å². The van der Waals surface area contributed by atoms with Crippen molar-refractivity contribution in [2.75, 3.05) is 6.54 Å². The Balaban J connectivity index is 1.76. The second-order valence-corrected chi connectivity index (χ2v) is 9.85. The lowest BCUT2D eigenvalue weighted by molar-refractivity contribution is -0.142. The number of H-pyrrole nitrogens is 2. The Morgan fingerprint density at radius 1 is 0.786 bits per heavy atom. The predicted molar refractivity (Wildman–Crippen MR) is 151 cm³/mol. The Labute approximate surface area is 241 Å². The third-order valence-corrected chi connectivity index (χ3v) is 6.51. The molecule has 42 heavy (non-hydrogen) atoms. The zero-order valence-corrected chi connectivity index (χ0v) is 23.0. The molecule has 0 aliphatic carbocycles. The van der Waals surface area contributed by atoms with Crippen LogP contribution in [-0.2, 0) is 38.4 Å². The molecule has 1 aromatic carbocycles. The third kappa shape index (κ3) is 10.0. The van der Waals surface area contributed by atoms with E-state index in [0.29, 0.717) is 36.3 Å². The van der Waals surface area contributed by atoms with Gasteiger partial charge < -0.3 is 47.6 Å². The minimum atomic E-state index is -1.28. The molecule has 4 atom stereocenters. The lowest BCUT2D eigenvalue weighted by atomic mass is 10.0. The highest BCUT2D eigenvalue weighted by molar-refractivity contribution is 5.94. The number of carboxylic acid groups (broad SMARTS) is 1. The van der Waals surface area contributed by atoms with Crippen LogP contribution in [0.4, 0.5) is 0 Å². The zero-order valence-electron chi connectivity index (χ0n) is 23.0. The maximum absolute atomic E-state index is 13.5. The number of nitrogens with one attached hydrogen (secondary N) is 5. The highest BCUT2D eigenvalue weighted by Crippen LogP contribution is 2.13. The van der Waals surface area contributed by atoms with E-state index in [-0.39, 0.29) is 31.4 Å². The summed E-state index contributed by atoms with van der Waals surface area (Å²) in [6.07, 6.45) is 7.23. The standard InChI is InChI=1S/C27H37N9O6/c28-8-2-1-3-21(25(39)36-23(27(41)42)11-18-13-31-15-33-18)34-26(40)22(9-16-4-6-19(37)7-5-16)35-24(38)20(29)10-17-12-30-14-32-17/h4-7,12-15,20-23,37H,1-3,8-11,28-29H2,(H,30,32)(H,31,33)(H,34,40)(H,35,38)(H,36,39)(H,41,42). The number of nitrogens with two attached hydrogens (primary N) is 2. The van der Waals surface area contributed by atoms with Crippen molar-refractivity contribution < 1.29 is 29.4 Å². The Morgan fingerprint density at radius 3 is 1.93 bits per heavy atom. The first kappa shape index (κ1) is 31.8. The number of amides is 3. The second-order valence-electron chi connectivity index (χ2n) is 9.85. The number of benzene rings is 1. The van der Waals surface area contributed by atoms with Crippen molar-refractivity contribution in [3.8, 4) is 5.75 Å². The van der Waals surface area contributed by atoms with Gasteiger partial charge in [0.25, 0.3) is 0 Å². The van der Waals surface area contributed by atoms with Crippen LogP contribution in [0, 0.1) is 0 Å². The van der Waals surface area contributed by atoms with Crippen molar-refractivity contribution in [1.29, 1.82) is 0 Å². The summed E-state index contributed by atoms with van der Waals surface area (Å²) in [7, 11) is 0. The highest BCUT2D eigenvalue weighted by Gasteiger charge is 2.30. The van der Waals surface area contributed by atoms with Gasteiger partial charge in [0, 0.05) is 43.0 Å². The predicted octanol–water partition coefficient (Wildman–Crippen LogP) is -1.14. The number of hydrogen-bond acceptors (Lipinski definition) is 9. The first-order valence-corrected chi connectivity index (χ1v) is 13.5. The number of aromatic nitrogens is 4. The van der Waals surface area contributed by atoms with Gasteiger partial charge in [0.05, 0.1) is 18.7 Å². The van der Waals surface area contributed by atoms with Crippen LogP contribution < -0.4 is 27.4 Å². The number of aromatic amines is 2. The minimum absolute atomic E-state index is 0.0311. The highest BCUT2D eigenvalue weighted by atomic mass is 16.4. The van der Waals surface area contributed by atoms with Crippen LogP contribution >= 0.6 is 0 Å². The summed E-state index contributed by atoms with van der Waals surface area (Å²) in [5.74, 6) is -3.19. The number of hydrogen-bond donors (Lipinski definition) is 9. The summed E-state index contributed by atoms with van der Waals surface area (Å²) in [5.41, 5.74) is 13.5. The number of aliphatic carboxylic acids is 1. The molecule has 2 heterocycles. The molecule has 3 aromatic rings. The molecule has 2 aromatic heterocycles. The van der Waals surface area contributed by atoms with Gasteiger partial charge in [-0.15, -0.1) is 0 Å². The molecule has 0 radical (unpaired) electrons. The maximum atomic E-state index is 13.5.